The lowest BCUT2D eigenvalue weighted by Crippen LogP contribution is -2.55. The fourth-order valence-corrected chi connectivity index (χ4v) is 2.87. The molecular formula is C20H30N2O4. The number of piperidine rings is 1. The summed E-state index contributed by atoms with van der Waals surface area (Å²) in [5.74, 6) is 0. The highest BCUT2D eigenvalue weighted by Crippen LogP contribution is 2.29. The minimum atomic E-state index is -0.504. The Labute approximate surface area is 156 Å². The molecule has 1 aliphatic heterocycles. The van der Waals surface area contributed by atoms with Crippen LogP contribution < -0.4 is 0 Å². The maximum absolute atomic E-state index is 12.4. The SMILES string of the molecule is CN(C(=O)OCc1ccccc1)C1(C)CCN(C(=O)OC(C)(C)C)CC1. The summed E-state index contributed by atoms with van der Waals surface area (Å²) < 4.78 is 10.9. The Morgan fingerprint density at radius 3 is 2.27 bits per heavy atom. The van der Waals surface area contributed by atoms with Gasteiger partial charge in [-0.15, -0.1) is 0 Å². The summed E-state index contributed by atoms with van der Waals surface area (Å²) in [7, 11) is 1.76. The lowest BCUT2D eigenvalue weighted by atomic mass is 9.88. The lowest BCUT2D eigenvalue weighted by molar-refractivity contribution is 0.00163. The van der Waals surface area contributed by atoms with E-state index in [-0.39, 0.29) is 24.3 Å². The zero-order valence-corrected chi connectivity index (χ0v) is 16.4. The summed E-state index contributed by atoms with van der Waals surface area (Å²) in [4.78, 5) is 28.0. The number of nitrogens with zero attached hydrogens (tertiary/aromatic N) is 2. The van der Waals surface area contributed by atoms with Gasteiger partial charge >= 0.3 is 12.2 Å². The fraction of sp³-hybridized carbons (Fsp3) is 0.600. The molecule has 0 N–H and O–H groups in total. The van der Waals surface area contributed by atoms with E-state index in [4.69, 9.17) is 9.47 Å². The maximum Gasteiger partial charge on any atom is 0.410 e. The first-order valence-electron chi connectivity index (χ1n) is 9.03. The van der Waals surface area contributed by atoms with Gasteiger partial charge in [0.2, 0.25) is 0 Å². The smallest absolute Gasteiger partial charge is 0.410 e. The van der Waals surface area contributed by atoms with Crippen LogP contribution >= 0.6 is 0 Å². The molecule has 1 heterocycles. The van der Waals surface area contributed by atoms with Gasteiger partial charge in [-0.05, 0) is 46.1 Å². The molecule has 6 nitrogen and oxygen atoms in total. The Bertz CT molecular complexity index is 616. The van der Waals surface area contributed by atoms with Crippen molar-refractivity contribution >= 4 is 12.2 Å². The zero-order chi connectivity index (χ0) is 19.4. The molecule has 6 heteroatoms. The number of likely N-dealkylation sites (tertiary alicyclic amines) is 1. The molecule has 2 rings (SSSR count). The molecule has 1 fully saturated rings. The molecule has 0 atom stereocenters. The van der Waals surface area contributed by atoms with Gasteiger partial charge in [-0.1, -0.05) is 30.3 Å². The van der Waals surface area contributed by atoms with Crippen LogP contribution in [0.15, 0.2) is 30.3 Å². The van der Waals surface area contributed by atoms with Gasteiger partial charge < -0.3 is 19.3 Å². The Kier molecular flexibility index (Phi) is 6.16. The topological polar surface area (TPSA) is 59.1 Å². The first kappa shape index (κ1) is 20.1. The van der Waals surface area contributed by atoms with Crippen LogP contribution in [0.2, 0.25) is 0 Å². The van der Waals surface area contributed by atoms with E-state index in [2.05, 4.69) is 0 Å². The highest BCUT2D eigenvalue weighted by atomic mass is 16.6. The second kappa shape index (κ2) is 7.98. The first-order chi connectivity index (χ1) is 12.1. The number of benzene rings is 1. The highest BCUT2D eigenvalue weighted by molar-refractivity contribution is 5.69. The molecule has 0 aliphatic carbocycles. The number of hydrogen-bond acceptors (Lipinski definition) is 4. The molecular weight excluding hydrogens is 332 g/mol. The van der Waals surface area contributed by atoms with E-state index in [9.17, 15) is 9.59 Å². The standard InChI is InChI=1S/C20H30N2O4/c1-19(2,3)26-18(24)22-13-11-20(4,12-14-22)21(5)17(23)25-15-16-9-7-6-8-10-16/h6-10H,11-15H2,1-5H3. The second-order valence-electron chi connectivity index (χ2n) is 8.06. The van der Waals surface area contributed by atoms with Crippen LogP contribution in [-0.2, 0) is 16.1 Å². The van der Waals surface area contributed by atoms with Gasteiger partial charge in [-0.25, -0.2) is 9.59 Å². The van der Waals surface area contributed by atoms with E-state index < -0.39 is 5.60 Å². The molecule has 1 aromatic rings. The van der Waals surface area contributed by atoms with Crippen molar-refractivity contribution in [3.05, 3.63) is 35.9 Å². The van der Waals surface area contributed by atoms with Crippen molar-refractivity contribution in [1.82, 2.24) is 9.80 Å². The predicted molar refractivity (Wildman–Crippen MR) is 99.8 cm³/mol. The minimum Gasteiger partial charge on any atom is -0.445 e. The van der Waals surface area contributed by atoms with E-state index in [0.29, 0.717) is 25.9 Å². The molecule has 144 valence electrons. The first-order valence-corrected chi connectivity index (χ1v) is 9.03. The van der Waals surface area contributed by atoms with Gasteiger partial charge in [0.05, 0.1) is 0 Å². The van der Waals surface area contributed by atoms with Crippen molar-refractivity contribution in [3.8, 4) is 0 Å². The number of rotatable bonds is 3. The highest BCUT2D eigenvalue weighted by Gasteiger charge is 2.39. The fourth-order valence-electron chi connectivity index (χ4n) is 2.87. The third-order valence-corrected chi connectivity index (χ3v) is 4.78. The van der Waals surface area contributed by atoms with Crippen molar-refractivity contribution < 1.29 is 19.1 Å². The molecule has 0 unspecified atom stereocenters. The van der Waals surface area contributed by atoms with E-state index in [0.717, 1.165) is 5.56 Å². The zero-order valence-electron chi connectivity index (χ0n) is 16.4. The van der Waals surface area contributed by atoms with Crippen LogP contribution in [0.25, 0.3) is 0 Å². The van der Waals surface area contributed by atoms with Crippen LogP contribution in [-0.4, -0.2) is 53.3 Å². The quantitative estimate of drug-likeness (QED) is 0.814. The van der Waals surface area contributed by atoms with Crippen LogP contribution in [0.3, 0.4) is 0 Å². The van der Waals surface area contributed by atoms with Crippen LogP contribution in [0.4, 0.5) is 9.59 Å². The van der Waals surface area contributed by atoms with Crippen molar-refractivity contribution in [2.75, 3.05) is 20.1 Å². The second-order valence-corrected chi connectivity index (χ2v) is 8.06. The molecule has 0 bridgehead atoms. The summed E-state index contributed by atoms with van der Waals surface area (Å²) in [6.07, 6.45) is 0.725. The third kappa shape index (κ3) is 5.38. The number of amides is 2. The van der Waals surface area contributed by atoms with Crippen molar-refractivity contribution in [3.63, 3.8) is 0 Å². The van der Waals surface area contributed by atoms with Crippen molar-refractivity contribution in [1.29, 1.82) is 0 Å². The van der Waals surface area contributed by atoms with E-state index in [1.165, 1.54) is 0 Å². The molecule has 0 aromatic heterocycles. The average molecular weight is 362 g/mol. The Morgan fingerprint density at radius 1 is 1.15 bits per heavy atom. The van der Waals surface area contributed by atoms with Gasteiger partial charge in [0.1, 0.15) is 12.2 Å². The van der Waals surface area contributed by atoms with E-state index in [1.807, 2.05) is 58.0 Å². The lowest BCUT2D eigenvalue weighted by Gasteiger charge is -2.44. The summed E-state index contributed by atoms with van der Waals surface area (Å²) in [6.45, 7) is 8.97. The number of carbonyl (C=O) groups excluding carboxylic acids is 2. The van der Waals surface area contributed by atoms with Crippen molar-refractivity contribution in [2.24, 2.45) is 0 Å². The molecule has 1 saturated heterocycles. The molecule has 0 spiro atoms. The summed E-state index contributed by atoms with van der Waals surface area (Å²) in [6, 6.07) is 9.61. The van der Waals surface area contributed by atoms with Gasteiger partial charge in [-0.2, -0.15) is 0 Å². The van der Waals surface area contributed by atoms with Gasteiger partial charge in [0, 0.05) is 25.7 Å². The number of carbonyl (C=O) groups is 2. The van der Waals surface area contributed by atoms with Gasteiger partial charge in [0.25, 0.3) is 0 Å². The summed E-state index contributed by atoms with van der Waals surface area (Å²) >= 11 is 0. The molecule has 26 heavy (non-hydrogen) atoms. The molecule has 2 amide bonds. The van der Waals surface area contributed by atoms with E-state index >= 15 is 0 Å². The Morgan fingerprint density at radius 2 is 1.73 bits per heavy atom. The summed E-state index contributed by atoms with van der Waals surface area (Å²) in [5.41, 5.74) is 0.112. The Balaban J connectivity index is 1.86. The van der Waals surface area contributed by atoms with Crippen LogP contribution in [0.5, 0.6) is 0 Å². The molecule has 0 radical (unpaired) electrons. The van der Waals surface area contributed by atoms with Gasteiger partial charge in [-0.3, -0.25) is 0 Å². The number of ether oxygens (including phenoxy) is 2. The maximum atomic E-state index is 12.4. The van der Waals surface area contributed by atoms with Gasteiger partial charge in [0.15, 0.2) is 0 Å². The third-order valence-electron chi connectivity index (χ3n) is 4.78. The average Bonchev–Trinajstić information content (AvgIpc) is 2.59. The molecule has 1 aliphatic rings. The summed E-state index contributed by atoms with van der Waals surface area (Å²) in [5, 5.41) is 0. The normalized spacial score (nSPS) is 16.7. The number of hydrogen-bond donors (Lipinski definition) is 0. The Hall–Kier alpha value is -2.24. The van der Waals surface area contributed by atoms with Crippen LogP contribution in [0.1, 0.15) is 46.1 Å². The largest absolute Gasteiger partial charge is 0.445 e. The minimum absolute atomic E-state index is 0.254. The molecule has 1 aromatic carbocycles. The molecule has 0 saturated carbocycles. The predicted octanol–water partition coefficient (Wildman–Crippen LogP) is 4.04. The van der Waals surface area contributed by atoms with E-state index in [1.54, 1.807) is 16.8 Å². The van der Waals surface area contributed by atoms with Crippen LogP contribution in [0, 0.1) is 0 Å². The monoisotopic (exact) mass is 362 g/mol. The van der Waals surface area contributed by atoms with Crippen molar-refractivity contribution in [2.45, 2.75) is 58.3 Å².